The number of para-hydroxylation sites is 1. The van der Waals surface area contributed by atoms with Gasteiger partial charge in [0.05, 0.1) is 24.4 Å². The lowest BCUT2D eigenvalue weighted by Gasteiger charge is -2.07. The predicted molar refractivity (Wildman–Crippen MR) is 97.3 cm³/mol. The van der Waals surface area contributed by atoms with E-state index in [2.05, 4.69) is 10.3 Å². The second-order valence-electron chi connectivity index (χ2n) is 5.62. The van der Waals surface area contributed by atoms with Gasteiger partial charge in [-0.25, -0.2) is 4.99 Å². The molecule has 134 valence electrons. The van der Waals surface area contributed by atoms with Gasteiger partial charge in [-0.3, -0.25) is 14.9 Å². The molecule has 0 bridgehead atoms. The van der Waals surface area contributed by atoms with Gasteiger partial charge in [0.25, 0.3) is 5.91 Å². The fraction of sp³-hybridized carbons (Fsp3) is 0.100. The van der Waals surface area contributed by atoms with Crippen LogP contribution in [0.3, 0.4) is 0 Å². The standard InChI is InChI=1S/C20H15N3O4/c1-12(24)22-19(25)16-10-14-4-3-5-17(26-2)18(14)27-20(16)23-15-8-6-13(11-21)7-9-15/h3-10H,1-2H3,(H,22,24,25). The van der Waals surface area contributed by atoms with Gasteiger partial charge < -0.3 is 9.15 Å². The number of carbonyl (C=O) groups is 2. The van der Waals surface area contributed by atoms with Crippen LogP contribution in [0.2, 0.25) is 0 Å². The summed E-state index contributed by atoms with van der Waals surface area (Å²) in [7, 11) is 1.51. The summed E-state index contributed by atoms with van der Waals surface area (Å²) in [6.07, 6.45) is 0. The number of hydrogen-bond acceptors (Lipinski definition) is 6. The van der Waals surface area contributed by atoms with Crippen molar-refractivity contribution in [3.8, 4) is 11.8 Å². The molecule has 27 heavy (non-hydrogen) atoms. The molecule has 0 saturated carbocycles. The van der Waals surface area contributed by atoms with E-state index in [4.69, 9.17) is 14.4 Å². The molecular formula is C20H15N3O4. The summed E-state index contributed by atoms with van der Waals surface area (Å²) in [5, 5.41) is 11.7. The maximum absolute atomic E-state index is 12.4. The van der Waals surface area contributed by atoms with Crippen molar-refractivity contribution in [2.75, 3.05) is 7.11 Å². The lowest BCUT2D eigenvalue weighted by Crippen LogP contribution is -2.32. The number of nitrogens with one attached hydrogen (secondary N) is 1. The van der Waals surface area contributed by atoms with Gasteiger partial charge in [-0.15, -0.1) is 0 Å². The summed E-state index contributed by atoms with van der Waals surface area (Å²) in [6.45, 7) is 1.25. The van der Waals surface area contributed by atoms with E-state index >= 15 is 0 Å². The van der Waals surface area contributed by atoms with Gasteiger partial charge in [-0.2, -0.15) is 5.26 Å². The average Bonchev–Trinajstić information content (AvgIpc) is 2.67. The Morgan fingerprint density at radius 3 is 2.56 bits per heavy atom. The smallest absolute Gasteiger partial charge is 0.263 e. The first kappa shape index (κ1) is 17.9. The zero-order valence-corrected chi connectivity index (χ0v) is 14.6. The molecule has 7 nitrogen and oxygen atoms in total. The minimum atomic E-state index is -0.622. The minimum Gasteiger partial charge on any atom is -0.493 e. The zero-order chi connectivity index (χ0) is 19.4. The molecule has 0 aliphatic heterocycles. The SMILES string of the molecule is COc1cccc2cc(C(=O)NC(C)=O)c(=Nc3ccc(C#N)cc3)oc12. The number of nitrogens with zero attached hydrogens (tertiary/aromatic N) is 2. The molecular weight excluding hydrogens is 346 g/mol. The first-order valence-corrected chi connectivity index (χ1v) is 7.99. The van der Waals surface area contributed by atoms with Crippen molar-refractivity contribution in [2.45, 2.75) is 6.92 Å². The third-order valence-corrected chi connectivity index (χ3v) is 3.72. The van der Waals surface area contributed by atoms with Gasteiger partial charge in [0, 0.05) is 12.3 Å². The van der Waals surface area contributed by atoms with Gasteiger partial charge in [0.1, 0.15) is 5.56 Å². The molecule has 0 radical (unpaired) electrons. The Balaban J connectivity index is 2.25. The quantitative estimate of drug-likeness (QED) is 0.772. The van der Waals surface area contributed by atoms with E-state index in [9.17, 15) is 9.59 Å². The number of fused-ring (bicyclic) bond motifs is 1. The van der Waals surface area contributed by atoms with E-state index in [0.29, 0.717) is 28.0 Å². The summed E-state index contributed by atoms with van der Waals surface area (Å²) in [5.41, 5.74) is 1.53. The molecule has 1 N–H and O–H groups in total. The highest BCUT2D eigenvalue weighted by Gasteiger charge is 2.15. The van der Waals surface area contributed by atoms with Crippen molar-refractivity contribution in [2.24, 2.45) is 4.99 Å². The van der Waals surface area contributed by atoms with Crippen LogP contribution in [0.15, 0.2) is 57.9 Å². The third-order valence-electron chi connectivity index (χ3n) is 3.72. The molecule has 2 amide bonds. The fourth-order valence-electron chi connectivity index (χ4n) is 2.49. The van der Waals surface area contributed by atoms with Gasteiger partial charge in [0.15, 0.2) is 11.3 Å². The van der Waals surface area contributed by atoms with Crippen LogP contribution in [-0.2, 0) is 4.79 Å². The number of imide groups is 1. The third kappa shape index (κ3) is 3.85. The summed E-state index contributed by atoms with van der Waals surface area (Å²) >= 11 is 0. The average molecular weight is 361 g/mol. The highest BCUT2D eigenvalue weighted by molar-refractivity contribution is 6.05. The van der Waals surface area contributed by atoms with Gasteiger partial charge >= 0.3 is 0 Å². The predicted octanol–water partition coefficient (Wildman–Crippen LogP) is 2.82. The van der Waals surface area contributed by atoms with Crippen LogP contribution in [-0.4, -0.2) is 18.9 Å². The Morgan fingerprint density at radius 1 is 1.19 bits per heavy atom. The number of hydrogen-bond donors (Lipinski definition) is 1. The summed E-state index contributed by atoms with van der Waals surface area (Å²) in [6, 6.07) is 15.3. The number of ether oxygens (including phenoxy) is 1. The molecule has 0 spiro atoms. The van der Waals surface area contributed by atoms with E-state index in [1.165, 1.54) is 14.0 Å². The molecule has 3 rings (SSSR count). The summed E-state index contributed by atoms with van der Waals surface area (Å²) in [5.74, 6) is -0.624. The number of nitriles is 1. The second kappa shape index (κ2) is 7.54. The largest absolute Gasteiger partial charge is 0.493 e. The van der Waals surface area contributed by atoms with E-state index in [-0.39, 0.29) is 11.1 Å². The number of amides is 2. The number of rotatable bonds is 3. The molecule has 0 aliphatic rings. The second-order valence-corrected chi connectivity index (χ2v) is 5.62. The number of methoxy groups -OCH3 is 1. The monoisotopic (exact) mass is 361 g/mol. The molecule has 1 heterocycles. The summed E-state index contributed by atoms with van der Waals surface area (Å²) < 4.78 is 11.2. The minimum absolute atomic E-state index is 0.0236. The van der Waals surface area contributed by atoms with Crippen molar-refractivity contribution in [1.82, 2.24) is 5.32 Å². The maximum Gasteiger partial charge on any atom is 0.263 e. The Labute approximate surface area is 154 Å². The van der Waals surface area contributed by atoms with Crippen LogP contribution < -0.4 is 15.6 Å². The molecule has 2 aromatic carbocycles. The van der Waals surface area contributed by atoms with Gasteiger partial charge in [-0.1, -0.05) is 12.1 Å². The van der Waals surface area contributed by atoms with Crippen molar-refractivity contribution in [3.63, 3.8) is 0 Å². The Bertz CT molecular complexity index is 1140. The van der Waals surface area contributed by atoms with Gasteiger partial charge in [0.2, 0.25) is 11.5 Å². The van der Waals surface area contributed by atoms with E-state index in [0.717, 1.165) is 0 Å². The molecule has 1 aromatic heterocycles. The van der Waals surface area contributed by atoms with Crippen LogP contribution in [0, 0.1) is 11.3 Å². The first-order valence-electron chi connectivity index (χ1n) is 7.99. The Hall–Kier alpha value is -3.92. The van der Waals surface area contributed by atoms with Crippen molar-refractivity contribution < 1.29 is 18.7 Å². The summed E-state index contributed by atoms with van der Waals surface area (Å²) in [4.78, 5) is 28.1. The van der Waals surface area contributed by atoms with Crippen LogP contribution in [0.5, 0.6) is 5.75 Å². The molecule has 0 unspecified atom stereocenters. The maximum atomic E-state index is 12.4. The van der Waals surface area contributed by atoms with E-state index in [1.54, 1.807) is 48.5 Å². The molecule has 7 heteroatoms. The van der Waals surface area contributed by atoms with E-state index < -0.39 is 11.8 Å². The molecule has 0 saturated heterocycles. The number of carbonyl (C=O) groups excluding carboxylic acids is 2. The van der Waals surface area contributed by atoms with Gasteiger partial charge in [-0.05, 0) is 36.4 Å². The Kier molecular flexibility index (Phi) is 4.99. The molecule has 3 aromatic rings. The van der Waals surface area contributed by atoms with Crippen molar-refractivity contribution in [1.29, 1.82) is 5.26 Å². The Morgan fingerprint density at radius 2 is 1.93 bits per heavy atom. The lowest BCUT2D eigenvalue weighted by atomic mass is 10.1. The molecule has 0 fully saturated rings. The first-order chi connectivity index (χ1) is 13.0. The van der Waals surface area contributed by atoms with Crippen LogP contribution >= 0.6 is 0 Å². The highest BCUT2D eigenvalue weighted by Crippen LogP contribution is 2.25. The van der Waals surface area contributed by atoms with Crippen LogP contribution in [0.25, 0.3) is 11.0 Å². The lowest BCUT2D eigenvalue weighted by molar-refractivity contribution is -0.118. The highest BCUT2D eigenvalue weighted by atomic mass is 16.5. The zero-order valence-electron chi connectivity index (χ0n) is 14.6. The normalized spacial score (nSPS) is 11.1. The number of benzene rings is 2. The molecule has 0 atom stereocenters. The topological polar surface area (TPSA) is 105 Å². The van der Waals surface area contributed by atoms with Crippen molar-refractivity contribution in [3.05, 3.63) is 65.2 Å². The van der Waals surface area contributed by atoms with Crippen LogP contribution in [0.4, 0.5) is 5.69 Å². The fourth-order valence-corrected chi connectivity index (χ4v) is 2.49. The molecule has 0 aliphatic carbocycles. The van der Waals surface area contributed by atoms with Crippen molar-refractivity contribution >= 4 is 28.5 Å². The van der Waals surface area contributed by atoms with Crippen LogP contribution in [0.1, 0.15) is 22.8 Å². The van der Waals surface area contributed by atoms with E-state index in [1.807, 2.05) is 6.07 Å².